The number of hydrazine groups is 2. The minimum Gasteiger partial charge on any atom is -0.399 e. The highest BCUT2D eigenvalue weighted by atomic mass is 35.5. The molecular weight excluding hydrogens is 202 g/mol. The van der Waals surface area contributed by atoms with Crippen molar-refractivity contribution >= 4 is 17.4 Å². The fraction of sp³-hybridized carbons (Fsp3) is 0.125. The van der Waals surface area contributed by atoms with Crippen molar-refractivity contribution in [3.63, 3.8) is 0 Å². The summed E-state index contributed by atoms with van der Waals surface area (Å²) in [4.78, 5) is 4.12. The average Bonchev–Trinajstić information content (AvgIpc) is 2.45. The van der Waals surface area contributed by atoms with Gasteiger partial charge in [-0.2, -0.15) is 0 Å². The van der Waals surface area contributed by atoms with E-state index in [1.54, 1.807) is 17.3 Å². The Balaban J connectivity index is 2.25. The maximum absolute atomic E-state index is 5.76. The second kappa shape index (κ2) is 3.36. The van der Waals surface area contributed by atoms with Crippen LogP contribution in [0, 0.1) is 0 Å². The Morgan fingerprint density at radius 3 is 2.79 bits per heavy atom. The molecule has 1 aromatic heterocycles. The van der Waals surface area contributed by atoms with Gasteiger partial charge in [0, 0.05) is 5.70 Å². The highest BCUT2D eigenvalue weighted by Crippen LogP contribution is 2.19. The van der Waals surface area contributed by atoms with Gasteiger partial charge in [0.15, 0.2) is 0 Å². The van der Waals surface area contributed by atoms with Crippen molar-refractivity contribution in [2.75, 3.05) is 11.6 Å². The largest absolute Gasteiger partial charge is 0.399 e. The summed E-state index contributed by atoms with van der Waals surface area (Å²) in [6.07, 6.45) is 1.64. The number of nitrogens with two attached hydrogens (primary N) is 2. The molecule has 1 aliphatic heterocycles. The number of pyridine rings is 1. The molecule has 4 N–H and O–H groups in total. The zero-order valence-corrected chi connectivity index (χ0v) is 8.15. The number of hydrogen-bond acceptors (Lipinski definition) is 5. The van der Waals surface area contributed by atoms with Crippen LogP contribution in [0.4, 0.5) is 5.82 Å². The number of hydrogen-bond donors (Lipinski definition) is 2. The maximum atomic E-state index is 5.76. The van der Waals surface area contributed by atoms with Crippen LogP contribution in [0.2, 0.25) is 5.15 Å². The summed E-state index contributed by atoms with van der Waals surface area (Å²) in [5.41, 5.74) is 6.32. The maximum Gasteiger partial charge on any atom is 0.150 e. The van der Waals surface area contributed by atoms with E-state index in [1.165, 1.54) is 5.12 Å². The molecule has 0 aromatic carbocycles. The predicted octanol–water partition coefficient (Wildman–Crippen LogP) is 0.446. The van der Waals surface area contributed by atoms with Crippen molar-refractivity contribution in [3.8, 4) is 0 Å². The van der Waals surface area contributed by atoms with E-state index in [9.17, 15) is 0 Å². The minimum atomic E-state index is 0.432. The predicted molar refractivity (Wildman–Crippen MR) is 54.9 cm³/mol. The van der Waals surface area contributed by atoms with Crippen molar-refractivity contribution in [1.29, 1.82) is 0 Å². The molecule has 0 atom stereocenters. The van der Waals surface area contributed by atoms with Gasteiger partial charge in [-0.05, 0) is 12.1 Å². The first kappa shape index (κ1) is 9.11. The molecule has 2 heterocycles. The van der Waals surface area contributed by atoms with Crippen molar-refractivity contribution < 1.29 is 0 Å². The molecule has 0 amide bonds. The van der Waals surface area contributed by atoms with Crippen molar-refractivity contribution in [1.82, 2.24) is 10.1 Å². The lowest BCUT2D eigenvalue weighted by Gasteiger charge is -2.24. The average molecular weight is 212 g/mol. The smallest absolute Gasteiger partial charge is 0.150 e. The summed E-state index contributed by atoms with van der Waals surface area (Å²) in [6, 6.07) is 5.34. The lowest BCUT2D eigenvalue weighted by atomic mass is 10.4. The molecule has 5 nitrogen and oxygen atoms in total. The van der Waals surface area contributed by atoms with Gasteiger partial charge in [-0.25, -0.2) is 21.0 Å². The quantitative estimate of drug-likeness (QED) is 0.521. The van der Waals surface area contributed by atoms with Crippen LogP contribution >= 0.6 is 11.6 Å². The van der Waals surface area contributed by atoms with Gasteiger partial charge in [0.25, 0.3) is 0 Å². The zero-order chi connectivity index (χ0) is 10.1. The third-order valence-electron chi connectivity index (χ3n) is 1.87. The van der Waals surface area contributed by atoms with Crippen molar-refractivity contribution in [2.45, 2.75) is 0 Å². The first-order valence-electron chi connectivity index (χ1n) is 4.07. The fourth-order valence-corrected chi connectivity index (χ4v) is 1.43. The van der Waals surface area contributed by atoms with E-state index in [1.807, 2.05) is 12.1 Å². The molecule has 6 heteroatoms. The van der Waals surface area contributed by atoms with Crippen LogP contribution in [-0.2, 0) is 0 Å². The summed E-state index contributed by atoms with van der Waals surface area (Å²) in [5.74, 6) is 6.35. The van der Waals surface area contributed by atoms with Gasteiger partial charge in [0.05, 0.1) is 12.7 Å². The number of aromatic nitrogens is 1. The van der Waals surface area contributed by atoms with Gasteiger partial charge < -0.3 is 5.73 Å². The number of rotatable bonds is 1. The summed E-state index contributed by atoms with van der Waals surface area (Å²) < 4.78 is 0. The summed E-state index contributed by atoms with van der Waals surface area (Å²) in [5, 5.41) is 3.55. The molecule has 1 aromatic rings. The molecule has 0 spiro atoms. The van der Waals surface area contributed by atoms with Gasteiger partial charge in [0.1, 0.15) is 11.0 Å². The van der Waals surface area contributed by atoms with Crippen LogP contribution in [0.3, 0.4) is 0 Å². The second-order valence-electron chi connectivity index (χ2n) is 2.96. The summed E-state index contributed by atoms with van der Waals surface area (Å²) in [6.45, 7) is 0.532. The monoisotopic (exact) mass is 211 g/mol. The Morgan fingerprint density at radius 1 is 1.43 bits per heavy atom. The first-order valence-corrected chi connectivity index (χ1v) is 4.45. The third kappa shape index (κ3) is 1.59. The molecule has 0 bridgehead atoms. The fourth-order valence-electron chi connectivity index (χ4n) is 1.28. The van der Waals surface area contributed by atoms with Crippen molar-refractivity contribution in [2.24, 2.45) is 11.6 Å². The van der Waals surface area contributed by atoms with E-state index in [2.05, 4.69) is 4.98 Å². The minimum absolute atomic E-state index is 0.432. The Bertz CT molecular complexity index is 378. The molecule has 2 rings (SSSR count). The Kier molecular flexibility index (Phi) is 2.18. The highest BCUT2D eigenvalue weighted by molar-refractivity contribution is 6.29. The first-order chi connectivity index (χ1) is 6.66. The Hall–Kier alpha value is -1.46. The highest BCUT2D eigenvalue weighted by Gasteiger charge is 2.19. The van der Waals surface area contributed by atoms with Gasteiger partial charge in [-0.3, -0.25) is 0 Å². The van der Waals surface area contributed by atoms with E-state index >= 15 is 0 Å². The van der Waals surface area contributed by atoms with Crippen LogP contribution in [0.1, 0.15) is 0 Å². The summed E-state index contributed by atoms with van der Waals surface area (Å²) in [7, 11) is 0. The Labute approximate surface area is 86.5 Å². The van der Waals surface area contributed by atoms with Crippen LogP contribution in [0.5, 0.6) is 0 Å². The molecule has 0 saturated heterocycles. The molecule has 0 unspecified atom stereocenters. The molecule has 0 fully saturated rings. The van der Waals surface area contributed by atoms with Crippen LogP contribution in [-0.4, -0.2) is 16.6 Å². The van der Waals surface area contributed by atoms with E-state index in [0.717, 1.165) is 0 Å². The SMILES string of the molecule is NC1=CN(N)N(c2cccc(Cl)n2)C1. The van der Waals surface area contributed by atoms with Crippen LogP contribution in [0.15, 0.2) is 30.1 Å². The molecule has 0 radical (unpaired) electrons. The lowest BCUT2D eigenvalue weighted by Crippen LogP contribution is -2.41. The molecule has 74 valence electrons. The van der Waals surface area contributed by atoms with Crippen LogP contribution in [0.25, 0.3) is 0 Å². The normalized spacial score (nSPS) is 16.0. The van der Waals surface area contributed by atoms with E-state index in [4.69, 9.17) is 23.2 Å². The van der Waals surface area contributed by atoms with Gasteiger partial charge >= 0.3 is 0 Å². The molecule has 0 saturated carbocycles. The topological polar surface area (TPSA) is 71.4 Å². The van der Waals surface area contributed by atoms with Crippen LogP contribution < -0.4 is 16.6 Å². The summed E-state index contributed by atoms with van der Waals surface area (Å²) >= 11 is 5.76. The van der Waals surface area contributed by atoms with Gasteiger partial charge in [0.2, 0.25) is 0 Å². The molecule has 0 aliphatic carbocycles. The second-order valence-corrected chi connectivity index (χ2v) is 3.35. The molecular formula is C8H10ClN5. The third-order valence-corrected chi connectivity index (χ3v) is 2.08. The molecule has 14 heavy (non-hydrogen) atoms. The van der Waals surface area contributed by atoms with E-state index < -0.39 is 0 Å². The zero-order valence-electron chi connectivity index (χ0n) is 7.39. The van der Waals surface area contributed by atoms with E-state index in [0.29, 0.717) is 23.2 Å². The number of anilines is 1. The van der Waals surface area contributed by atoms with Gasteiger partial charge in [-0.1, -0.05) is 17.7 Å². The standard InChI is InChI=1S/C8H10ClN5/c9-7-2-1-3-8(12-7)13-4-6(10)5-14(13)11/h1-3,5H,4,10-11H2. The molecule has 1 aliphatic rings. The lowest BCUT2D eigenvalue weighted by molar-refractivity contribution is 0.389. The van der Waals surface area contributed by atoms with Crippen molar-refractivity contribution in [3.05, 3.63) is 35.2 Å². The Morgan fingerprint density at radius 2 is 2.21 bits per heavy atom. The van der Waals surface area contributed by atoms with E-state index in [-0.39, 0.29) is 0 Å². The van der Waals surface area contributed by atoms with Gasteiger partial charge in [-0.15, -0.1) is 0 Å². The number of halogens is 1. The number of nitrogens with zero attached hydrogens (tertiary/aromatic N) is 3.